The zero-order chi connectivity index (χ0) is 23.4. The second-order valence-electron chi connectivity index (χ2n) is 10.1. The number of nitrogens with zero attached hydrogens (tertiary/aromatic N) is 1. The van der Waals surface area contributed by atoms with E-state index in [4.69, 9.17) is 13.7 Å². The van der Waals surface area contributed by atoms with Crippen LogP contribution in [0.3, 0.4) is 0 Å². The minimum atomic E-state index is -3.76. The average Bonchev–Trinajstić information content (AvgIpc) is 2.72. The van der Waals surface area contributed by atoms with Crippen LogP contribution in [0.15, 0.2) is 29.2 Å². The maximum atomic E-state index is 12.3. The van der Waals surface area contributed by atoms with E-state index in [0.717, 1.165) is 51.6 Å². The van der Waals surface area contributed by atoms with Crippen molar-refractivity contribution in [3.05, 3.63) is 29.8 Å². The maximum absolute atomic E-state index is 12.3. The van der Waals surface area contributed by atoms with E-state index in [-0.39, 0.29) is 35.7 Å². The van der Waals surface area contributed by atoms with E-state index in [2.05, 4.69) is 0 Å². The van der Waals surface area contributed by atoms with Crippen LogP contribution in [0.5, 0.6) is 0 Å². The predicted molar refractivity (Wildman–Crippen MR) is 122 cm³/mol. The van der Waals surface area contributed by atoms with Gasteiger partial charge in [0.1, 0.15) is 5.60 Å². The summed E-state index contributed by atoms with van der Waals surface area (Å²) in [5.74, 6) is 0. The molecule has 1 aliphatic carbocycles. The zero-order valence-corrected chi connectivity index (χ0v) is 20.6. The zero-order valence-electron chi connectivity index (χ0n) is 19.8. The Morgan fingerprint density at radius 3 is 2.28 bits per heavy atom. The van der Waals surface area contributed by atoms with Crippen LogP contribution in [-0.4, -0.2) is 57.4 Å². The molecule has 1 aromatic rings. The quantitative estimate of drug-likeness (QED) is 0.446. The van der Waals surface area contributed by atoms with Crippen LogP contribution in [0.4, 0.5) is 4.79 Å². The summed E-state index contributed by atoms with van der Waals surface area (Å²) in [6, 6.07) is 6.80. The summed E-state index contributed by atoms with van der Waals surface area (Å²) in [4.78, 5) is 14.3. The first kappa shape index (κ1) is 25.0. The summed E-state index contributed by atoms with van der Waals surface area (Å²) in [7, 11) is -3.76. The lowest BCUT2D eigenvalue weighted by molar-refractivity contribution is -0.0345. The largest absolute Gasteiger partial charge is 0.444 e. The van der Waals surface area contributed by atoms with Gasteiger partial charge in [-0.05, 0) is 83.3 Å². The summed E-state index contributed by atoms with van der Waals surface area (Å²) >= 11 is 0. The minimum Gasteiger partial charge on any atom is -0.444 e. The van der Waals surface area contributed by atoms with Gasteiger partial charge in [0.05, 0.1) is 24.2 Å². The number of aryl methyl sites for hydroxylation is 1. The Morgan fingerprint density at radius 1 is 1.06 bits per heavy atom. The summed E-state index contributed by atoms with van der Waals surface area (Å²) in [6.45, 7) is 9.18. The SMILES string of the molecule is Cc1ccccc1S(=O)(=O)OCCOC1CCC2(CC1)CCN(C(=O)OC(C)(C)C)CC2. The number of carbonyl (C=O) groups excluding carboxylic acids is 1. The molecule has 1 amide bonds. The Morgan fingerprint density at radius 2 is 1.69 bits per heavy atom. The van der Waals surface area contributed by atoms with Crippen LogP contribution < -0.4 is 0 Å². The maximum Gasteiger partial charge on any atom is 0.410 e. The van der Waals surface area contributed by atoms with Gasteiger partial charge in [-0.2, -0.15) is 8.42 Å². The van der Waals surface area contributed by atoms with Gasteiger partial charge in [-0.1, -0.05) is 18.2 Å². The van der Waals surface area contributed by atoms with Crippen LogP contribution in [0.2, 0.25) is 0 Å². The van der Waals surface area contributed by atoms with Gasteiger partial charge >= 0.3 is 6.09 Å². The second-order valence-corrected chi connectivity index (χ2v) is 11.7. The molecule has 0 N–H and O–H groups in total. The number of hydrogen-bond acceptors (Lipinski definition) is 6. The van der Waals surface area contributed by atoms with Crippen LogP contribution in [-0.2, 0) is 23.8 Å². The number of carbonyl (C=O) groups is 1. The molecular weight excluding hydrogens is 430 g/mol. The number of piperidine rings is 1. The van der Waals surface area contributed by atoms with Gasteiger partial charge in [-0.3, -0.25) is 4.18 Å². The highest BCUT2D eigenvalue weighted by molar-refractivity contribution is 7.86. The van der Waals surface area contributed by atoms with Crippen molar-refractivity contribution in [2.45, 2.75) is 82.8 Å². The molecule has 0 radical (unpaired) electrons. The van der Waals surface area contributed by atoms with E-state index < -0.39 is 15.7 Å². The normalized spacial score (nSPS) is 19.8. The lowest BCUT2D eigenvalue weighted by Crippen LogP contribution is -2.46. The van der Waals surface area contributed by atoms with Crippen molar-refractivity contribution in [3.8, 4) is 0 Å². The number of rotatable bonds is 6. The van der Waals surface area contributed by atoms with Gasteiger partial charge in [-0.25, -0.2) is 4.79 Å². The third-order valence-corrected chi connectivity index (χ3v) is 7.98. The first-order valence-corrected chi connectivity index (χ1v) is 13.0. The van der Waals surface area contributed by atoms with Gasteiger partial charge in [0.2, 0.25) is 0 Å². The van der Waals surface area contributed by atoms with Crippen LogP contribution >= 0.6 is 0 Å². The van der Waals surface area contributed by atoms with Crippen molar-refractivity contribution >= 4 is 16.2 Å². The molecule has 3 rings (SSSR count). The summed E-state index contributed by atoms with van der Waals surface area (Å²) in [5.41, 5.74) is 0.483. The Labute approximate surface area is 192 Å². The molecule has 180 valence electrons. The van der Waals surface area contributed by atoms with E-state index in [1.807, 2.05) is 25.7 Å². The van der Waals surface area contributed by atoms with Crippen LogP contribution in [0.25, 0.3) is 0 Å². The third kappa shape index (κ3) is 6.68. The van der Waals surface area contributed by atoms with E-state index >= 15 is 0 Å². The van der Waals surface area contributed by atoms with Gasteiger partial charge in [0, 0.05) is 13.1 Å². The van der Waals surface area contributed by atoms with Crippen LogP contribution in [0, 0.1) is 12.3 Å². The van der Waals surface area contributed by atoms with Crippen molar-refractivity contribution in [2.75, 3.05) is 26.3 Å². The molecule has 1 aromatic carbocycles. The highest BCUT2D eigenvalue weighted by Gasteiger charge is 2.40. The van der Waals surface area contributed by atoms with Crippen LogP contribution in [0.1, 0.15) is 64.9 Å². The number of benzene rings is 1. The first-order valence-electron chi connectivity index (χ1n) is 11.5. The molecule has 0 atom stereocenters. The standard InChI is InChI=1S/C24H37NO6S/c1-19-7-5-6-8-21(19)32(27,28)30-18-17-29-20-9-11-24(12-10-20)13-15-25(16-14-24)22(26)31-23(2,3)4/h5-8,20H,9-18H2,1-4H3. The molecule has 0 bridgehead atoms. The first-order chi connectivity index (χ1) is 15.0. The summed E-state index contributed by atoms with van der Waals surface area (Å²) < 4.78 is 41.3. The molecule has 1 spiro atoms. The van der Waals surface area contributed by atoms with E-state index in [1.165, 1.54) is 0 Å². The Kier molecular flexibility index (Phi) is 7.89. The highest BCUT2D eigenvalue weighted by atomic mass is 32.2. The lowest BCUT2D eigenvalue weighted by Gasteiger charge is -2.45. The summed E-state index contributed by atoms with van der Waals surface area (Å²) in [5, 5.41) is 0. The van der Waals surface area contributed by atoms with E-state index in [0.29, 0.717) is 5.56 Å². The van der Waals surface area contributed by atoms with Gasteiger partial charge in [-0.15, -0.1) is 0 Å². The smallest absolute Gasteiger partial charge is 0.410 e. The fourth-order valence-electron chi connectivity index (χ4n) is 4.62. The van der Waals surface area contributed by atoms with Gasteiger partial charge in [0.25, 0.3) is 10.1 Å². The average molecular weight is 468 g/mol. The fraction of sp³-hybridized carbons (Fsp3) is 0.708. The molecule has 1 heterocycles. The predicted octanol–water partition coefficient (Wildman–Crippen LogP) is 4.68. The Bertz CT molecular complexity index is 874. The monoisotopic (exact) mass is 467 g/mol. The second kappa shape index (κ2) is 10.1. The van der Waals surface area contributed by atoms with Gasteiger partial charge in [0.15, 0.2) is 0 Å². The minimum absolute atomic E-state index is 0.0170. The van der Waals surface area contributed by atoms with Crippen molar-refractivity contribution in [1.29, 1.82) is 0 Å². The van der Waals surface area contributed by atoms with Crippen molar-refractivity contribution < 1.29 is 26.9 Å². The molecule has 1 aliphatic heterocycles. The molecule has 0 aromatic heterocycles. The Hall–Kier alpha value is -1.64. The molecular formula is C24H37NO6S. The topological polar surface area (TPSA) is 82.1 Å². The third-order valence-electron chi connectivity index (χ3n) is 6.51. The fourth-order valence-corrected chi connectivity index (χ4v) is 5.74. The van der Waals surface area contributed by atoms with Crippen molar-refractivity contribution in [1.82, 2.24) is 4.90 Å². The molecule has 0 unspecified atom stereocenters. The number of likely N-dealkylation sites (tertiary alicyclic amines) is 1. The molecule has 32 heavy (non-hydrogen) atoms. The summed E-state index contributed by atoms with van der Waals surface area (Å²) in [6.07, 6.45) is 5.96. The van der Waals surface area contributed by atoms with E-state index in [9.17, 15) is 13.2 Å². The molecule has 7 nitrogen and oxygen atoms in total. The molecule has 1 saturated heterocycles. The highest BCUT2D eigenvalue weighted by Crippen LogP contribution is 2.45. The van der Waals surface area contributed by atoms with E-state index in [1.54, 1.807) is 31.2 Å². The Balaban J connectivity index is 1.37. The number of ether oxygens (including phenoxy) is 2. The number of amides is 1. The van der Waals surface area contributed by atoms with Crippen molar-refractivity contribution in [3.63, 3.8) is 0 Å². The van der Waals surface area contributed by atoms with Crippen molar-refractivity contribution in [2.24, 2.45) is 5.41 Å². The molecule has 1 saturated carbocycles. The van der Waals surface area contributed by atoms with Gasteiger partial charge < -0.3 is 14.4 Å². The number of hydrogen-bond donors (Lipinski definition) is 0. The molecule has 2 fully saturated rings. The molecule has 2 aliphatic rings. The lowest BCUT2D eigenvalue weighted by atomic mass is 9.67. The molecule has 8 heteroatoms.